The van der Waals surface area contributed by atoms with Crippen LogP contribution in [0.5, 0.6) is 0 Å². The van der Waals surface area contributed by atoms with Gasteiger partial charge in [0.1, 0.15) is 11.9 Å². The summed E-state index contributed by atoms with van der Waals surface area (Å²) < 4.78 is 48.4. The molecule has 284 valence electrons. The topological polar surface area (TPSA) is 130 Å². The molecule has 3 heterocycles. The fourth-order valence-corrected chi connectivity index (χ4v) is 10.1. The number of nitrogens with one attached hydrogen (secondary N) is 1. The number of benzene rings is 2. The van der Waals surface area contributed by atoms with E-state index in [1.165, 1.54) is 16.5 Å². The van der Waals surface area contributed by atoms with E-state index >= 15 is 0 Å². The molecule has 0 spiro atoms. The second-order valence-electron chi connectivity index (χ2n) is 15.9. The highest BCUT2D eigenvalue weighted by atomic mass is 32.2. The number of amides is 3. The van der Waals surface area contributed by atoms with Gasteiger partial charge in [-0.15, -0.1) is 0 Å². The van der Waals surface area contributed by atoms with Crippen LogP contribution >= 0.6 is 0 Å². The standard InChI is InChI=1S/C41H50FN3O7S/c1-26-10-8-11-27(2)33(26)19-16-28-12-6-4-3-5-7-14-30-21-41(30,39(48)43-53(50,51)32-17-18-32)22-37(46)36-20-31(24-45(36)38(28)47)52-40(49)44-23-29-13-9-15-35(42)34(29)25-44/h7-11,13-15,28,30-32,36H,3-6,12,16-25H2,1-2H3,(H,43,48)/b14-7-/t28-,30-,31-,36+,41-/m1/s1. The van der Waals surface area contributed by atoms with Gasteiger partial charge in [0.25, 0.3) is 0 Å². The zero-order valence-electron chi connectivity index (χ0n) is 30.7. The molecule has 0 radical (unpaired) electrons. The summed E-state index contributed by atoms with van der Waals surface area (Å²) in [6.45, 7) is 4.43. The van der Waals surface area contributed by atoms with Gasteiger partial charge in [-0.1, -0.05) is 55.3 Å². The summed E-state index contributed by atoms with van der Waals surface area (Å²) in [7, 11) is -3.84. The summed E-state index contributed by atoms with van der Waals surface area (Å²) in [5, 5.41) is -0.591. The summed E-state index contributed by atoms with van der Waals surface area (Å²) in [4.78, 5) is 59.3. The molecule has 0 unspecified atom stereocenters. The minimum Gasteiger partial charge on any atom is -0.444 e. The molecule has 53 heavy (non-hydrogen) atoms. The van der Waals surface area contributed by atoms with Gasteiger partial charge in [-0.2, -0.15) is 0 Å². The number of halogens is 1. The summed E-state index contributed by atoms with van der Waals surface area (Å²) in [5.74, 6) is -2.23. The third kappa shape index (κ3) is 7.93. The molecule has 1 saturated heterocycles. The van der Waals surface area contributed by atoms with Crippen LogP contribution in [0.15, 0.2) is 48.6 Å². The minimum absolute atomic E-state index is 0.0224. The molecular weight excluding hydrogens is 698 g/mol. The third-order valence-electron chi connectivity index (χ3n) is 12.2. The van der Waals surface area contributed by atoms with Crippen molar-refractivity contribution in [2.24, 2.45) is 17.3 Å². The van der Waals surface area contributed by atoms with Gasteiger partial charge in [0, 0.05) is 30.9 Å². The van der Waals surface area contributed by atoms with Crippen LogP contribution in [0.4, 0.5) is 9.18 Å². The van der Waals surface area contributed by atoms with Gasteiger partial charge in [0.05, 0.1) is 29.8 Å². The second kappa shape index (κ2) is 15.0. The number of carbonyl (C=O) groups is 4. The summed E-state index contributed by atoms with van der Waals surface area (Å²) in [6.07, 6.45) is 9.12. The predicted octanol–water partition coefficient (Wildman–Crippen LogP) is 6.21. The fraction of sp³-hybridized carbons (Fsp3) is 0.561. The van der Waals surface area contributed by atoms with Gasteiger partial charge in [-0.05, 0) is 99.5 Å². The van der Waals surface area contributed by atoms with Crippen molar-refractivity contribution in [3.63, 3.8) is 0 Å². The van der Waals surface area contributed by atoms with Crippen LogP contribution in [0.3, 0.4) is 0 Å². The number of ketones is 1. The van der Waals surface area contributed by atoms with E-state index in [9.17, 15) is 32.0 Å². The molecule has 3 fully saturated rings. The summed E-state index contributed by atoms with van der Waals surface area (Å²) in [5.41, 5.74) is 3.46. The molecule has 5 atom stereocenters. The van der Waals surface area contributed by atoms with Crippen LogP contribution in [-0.4, -0.2) is 65.8 Å². The molecule has 5 aliphatic rings. The van der Waals surface area contributed by atoms with Gasteiger partial charge in [0.15, 0.2) is 5.78 Å². The lowest BCUT2D eigenvalue weighted by Gasteiger charge is -2.29. The first-order valence-corrected chi connectivity index (χ1v) is 20.7. The minimum atomic E-state index is -3.84. The van der Waals surface area contributed by atoms with E-state index in [0.29, 0.717) is 49.7 Å². The Morgan fingerprint density at radius 1 is 1.00 bits per heavy atom. The highest BCUT2D eigenvalue weighted by Gasteiger charge is 2.61. The number of nitrogens with zero attached hydrogens (tertiary/aromatic N) is 2. The highest BCUT2D eigenvalue weighted by molar-refractivity contribution is 7.90. The van der Waals surface area contributed by atoms with Gasteiger partial charge in [0.2, 0.25) is 21.8 Å². The average Bonchev–Trinajstić information content (AvgIpc) is 4.00. The SMILES string of the molecule is Cc1cccc(C)c1CC[C@H]1CCCCC/C=C\[C@@H]2C[C@@]2(C(=O)NS(=O)(=O)C2CC2)CC(=O)[C@@H]2C[C@@H](OC(=O)N3Cc4cccc(F)c4C3)CN2C1=O. The number of ether oxygens (including phenoxy) is 1. The molecule has 0 aromatic heterocycles. The molecule has 3 aliphatic heterocycles. The van der Waals surface area contributed by atoms with E-state index in [-0.39, 0.29) is 61.8 Å². The second-order valence-corrected chi connectivity index (χ2v) is 17.9. The van der Waals surface area contributed by atoms with E-state index in [4.69, 9.17) is 4.74 Å². The molecule has 3 amide bonds. The van der Waals surface area contributed by atoms with Crippen LogP contribution in [0, 0.1) is 36.9 Å². The zero-order chi connectivity index (χ0) is 37.5. The van der Waals surface area contributed by atoms with Crippen LogP contribution in [-0.2, 0) is 48.7 Å². The molecule has 7 rings (SSSR count). The van der Waals surface area contributed by atoms with E-state index in [1.54, 1.807) is 17.0 Å². The van der Waals surface area contributed by atoms with Gasteiger partial charge in [-0.25, -0.2) is 17.6 Å². The van der Waals surface area contributed by atoms with E-state index in [0.717, 1.165) is 36.8 Å². The summed E-state index contributed by atoms with van der Waals surface area (Å²) >= 11 is 0. The number of hydrogen-bond donors (Lipinski definition) is 1. The first-order chi connectivity index (χ1) is 25.4. The number of allylic oxidation sites excluding steroid dienone is 2. The number of Topliss-reactive ketones (excluding diaryl/α,β-unsaturated/α-hetero) is 1. The number of hydrogen-bond acceptors (Lipinski definition) is 7. The van der Waals surface area contributed by atoms with E-state index in [2.05, 4.69) is 30.7 Å². The predicted molar refractivity (Wildman–Crippen MR) is 196 cm³/mol. The van der Waals surface area contributed by atoms with Crippen molar-refractivity contribution in [2.45, 2.75) is 121 Å². The third-order valence-corrected chi connectivity index (χ3v) is 14.0. The molecule has 2 saturated carbocycles. The Balaban J connectivity index is 1.14. The number of carbonyl (C=O) groups excluding carboxylic acids is 4. The first kappa shape index (κ1) is 37.3. The maximum atomic E-state index is 14.7. The van der Waals surface area contributed by atoms with Crippen molar-refractivity contribution in [1.29, 1.82) is 0 Å². The smallest absolute Gasteiger partial charge is 0.410 e. The van der Waals surface area contributed by atoms with Crippen LogP contribution in [0.1, 0.15) is 98.4 Å². The van der Waals surface area contributed by atoms with Crippen LogP contribution in [0.25, 0.3) is 0 Å². The van der Waals surface area contributed by atoms with Crippen molar-refractivity contribution in [1.82, 2.24) is 14.5 Å². The molecule has 12 heteroatoms. The largest absolute Gasteiger partial charge is 0.444 e. The lowest BCUT2D eigenvalue weighted by atomic mass is 9.89. The van der Waals surface area contributed by atoms with E-state index < -0.39 is 44.8 Å². The first-order valence-electron chi connectivity index (χ1n) is 19.2. The van der Waals surface area contributed by atoms with Crippen molar-refractivity contribution in [3.8, 4) is 0 Å². The lowest BCUT2D eigenvalue weighted by Crippen LogP contribution is -2.46. The van der Waals surface area contributed by atoms with E-state index in [1.807, 2.05) is 18.2 Å². The molecule has 0 bridgehead atoms. The molecular formula is C41H50FN3O7S. The van der Waals surface area contributed by atoms with Crippen molar-refractivity contribution >= 4 is 33.7 Å². The number of fused-ring (bicyclic) bond motifs is 3. The molecule has 2 aromatic rings. The number of rotatable bonds is 7. The Morgan fingerprint density at radius 3 is 2.49 bits per heavy atom. The van der Waals surface area contributed by atoms with Gasteiger partial charge >= 0.3 is 6.09 Å². The Morgan fingerprint density at radius 2 is 1.75 bits per heavy atom. The maximum Gasteiger partial charge on any atom is 0.410 e. The molecule has 2 aliphatic carbocycles. The molecule has 10 nitrogen and oxygen atoms in total. The quantitative estimate of drug-likeness (QED) is 0.334. The maximum absolute atomic E-state index is 14.7. The Bertz CT molecular complexity index is 1910. The highest BCUT2D eigenvalue weighted by Crippen LogP contribution is 2.57. The fourth-order valence-electron chi connectivity index (χ4n) is 8.69. The van der Waals surface area contributed by atoms with Crippen LogP contribution < -0.4 is 4.72 Å². The zero-order valence-corrected chi connectivity index (χ0v) is 31.5. The summed E-state index contributed by atoms with van der Waals surface area (Å²) in [6, 6.07) is 9.96. The van der Waals surface area contributed by atoms with Gasteiger partial charge in [-0.3, -0.25) is 24.0 Å². The van der Waals surface area contributed by atoms with Crippen LogP contribution in [0.2, 0.25) is 0 Å². The average molecular weight is 748 g/mol. The normalized spacial score (nSPS) is 28.3. The number of sulfonamides is 1. The Labute approximate surface area is 311 Å². The Hall–Kier alpha value is -4.06. The van der Waals surface area contributed by atoms with Crippen molar-refractivity contribution in [2.75, 3.05) is 6.54 Å². The van der Waals surface area contributed by atoms with Crippen molar-refractivity contribution < 1.29 is 36.7 Å². The number of aryl methyl sites for hydroxylation is 2. The molecule has 2 aromatic carbocycles. The Kier molecular flexibility index (Phi) is 10.5. The lowest BCUT2D eigenvalue weighted by molar-refractivity contribution is -0.142. The monoisotopic (exact) mass is 747 g/mol. The van der Waals surface area contributed by atoms with Gasteiger partial charge < -0.3 is 9.64 Å². The molecule has 1 N–H and O–H groups in total. The van der Waals surface area contributed by atoms with Crippen molar-refractivity contribution in [3.05, 3.63) is 82.2 Å².